The van der Waals surface area contributed by atoms with Gasteiger partial charge in [0.2, 0.25) is 0 Å². The zero-order valence-corrected chi connectivity index (χ0v) is 38.7. The van der Waals surface area contributed by atoms with Gasteiger partial charge in [-0.15, -0.1) is 12.4 Å². The van der Waals surface area contributed by atoms with Gasteiger partial charge in [-0.25, -0.2) is 0 Å². The van der Waals surface area contributed by atoms with Crippen molar-refractivity contribution in [3.8, 4) is 0 Å². The minimum atomic E-state index is -0.892. The van der Waals surface area contributed by atoms with Crippen LogP contribution in [0.4, 0.5) is 0 Å². The SMILES string of the molecule is CC(C)CCOC[C@H]1O[C@H](O[C@@H]2[C@@H](OCCC(C)C)[C@H](O[C@H]3O[C@H](CN)[C@@H](OCCC(C)C)C[C@H]3N)[C@@H](N)C[C@H]2N)[C@H](OCCC(C)C)[C@@H](N)[C@@H]1OCCC(C)C.Cl. The maximum absolute atomic E-state index is 7.13. The molecule has 14 atom stereocenters. The van der Waals surface area contributed by atoms with E-state index in [4.69, 9.17) is 71.3 Å². The summed E-state index contributed by atoms with van der Waals surface area (Å²) in [4.78, 5) is 0. The van der Waals surface area contributed by atoms with E-state index in [1.807, 2.05) is 0 Å². The van der Waals surface area contributed by atoms with Gasteiger partial charge in [0, 0.05) is 51.7 Å². The van der Waals surface area contributed by atoms with Crippen molar-refractivity contribution in [3.63, 3.8) is 0 Å². The van der Waals surface area contributed by atoms with Crippen LogP contribution in [0.5, 0.6) is 0 Å². The van der Waals surface area contributed by atoms with Crippen molar-refractivity contribution in [1.82, 2.24) is 0 Å². The van der Waals surface area contributed by atoms with E-state index in [2.05, 4.69) is 69.2 Å². The Morgan fingerprint density at radius 1 is 0.483 bits per heavy atom. The minimum Gasteiger partial charge on any atom is -0.379 e. The molecule has 1 saturated carbocycles. The molecule has 3 aliphatic rings. The van der Waals surface area contributed by atoms with Crippen molar-refractivity contribution in [1.29, 1.82) is 0 Å². The molecular formula is C43H88ClN5O9. The largest absolute Gasteiger partial charge is 0.379 e. The summed E-state index contributed by atoms with van der Waals surface area (Å²) in [5, 5.41) is 0. The van der Waals surface area contributed by atoms with Gasteiger partial charge in [-0.05, 0) is 74.5 Å². The van der Waals surface area contributed by atoms with Crippen LogP contribution >= 0.6 is 12.4 Å². The molecule has 0 radical (unpaired) electrons. The lowest BCUT2D eigenvalue weighted by atomic mass is 9.84. The summed E-state index contributed by atoms with van der Waals surface area (Å²) in [7, 11) is 0. The Hall–Kier alpha value is -0.270. The molecule has 0 spiro atoms. The summed E-state index contributed by atoms with van der Waals surface area (Å²) in [6.07, 6.45) is -0.546. The van der Waals surface area contributed by atoms with Crippen molar-refractivity contribution in [3.05, 3.63) is 0 Å². The molecule has 1 aliphatic carbocycles. The molecule has 0 aromatic carbocycles. The molecule has 0 amide bonds. The highest BCUT2D eigenvalue weighted by molar-refractivity contribution is 5.85. The molecule has 3 rings (SSSR count). The summed E-state index contributed by atoms with van der Waals surface area (Å²) in [5.41, 5.74) is 33.9. The van der Waals surface area contributed by atoms with E-state index in [1.54, 1.807) is 0 Å². The molecule has 14 nitrogen and oxygen atoms in total. The van der Waals surface area contributed by atoms with Gasteiger partial charge in [0.15, 0.2) is 12.6 Å². The van der Waals surface area contributed by atoms with Gasteiger partial charge in [-0.3, -0.25) is 0 Å². The second-order valence-corrected chi connectivity index (χ2v) is 19.0. The van der Waals surface area contributed by atoms with Crippen molar-refractivity contribution >= 4 is 12.4 Å². The molecule has 346 valence electrons. The predicted molar refractivity (Wildman–Crippen MR) is 232 cm³/mol. The standard InChI is InChI=1S/C43H87N5O9.ClH/c1-25(2)11-16-49-24-35-39(51-18-13-27(5)6)36(48)40(52-19-14-28(7)8)43(55-35)57-38-31(46)21-30(45)37(41(38)53-20-15-29(9)10)56-42-32(47)22-33(34(23-44)54-42)50-17-12-26(3)4;/h25-43H,11-24,44-48H2,1-10H3;1H/t30-,31+,32+,33-,34+,35+,36-,37+,38-,39+,40+,41-,42+,43+;/m0./s1. The molecule has 58 heavy (non-hydrogen) atoms. The highest BCUT2D eigenvalue weighted by Crippen LogP contribution is 2.34. The van der Waals surface area contributed by atoms with Crippen molar-refractivity contribution < 1.29 is 42.6 Å². The first-order valence-electron chi connectivity index (χ1n) is 22.4. The van der Waals surface area contributed by atoms with E-state index in [0.717, 1.165) is 32.1 Å². The lowest BCUT2D eigenvalue weighted by molar-refractivity contribution is -0.327. The first-order valence-corrected chi connectivity index (χ1v) is 22.4. The summed E-state index contributed by atoms with van der Waals surface area (Å²) in [6.45, 7) is 25.0. The average Bonchev–Trinajstić information content (AvgIpc) is 3.12. The predicted octanol–water partition coefficient (Wildman–Crippen LogP) is 4.48. The van der Waals surface area contributed by atoms with Crippen LogP contribution in [0.3, 0.4) is 0 Å². The number of hydrogen-bond donors (Lipinski definition) is 5. The monoisotopic (exact) mass is 854 g/mol. The fourth-order valence-corrected chi connectivity index (χ4v) is 7.41. The summed E-state index contributed by atoms with van der Waals surface area (Å²) < 4.78 is 59.2. The van der Waals surface area contributed by atoms with Crippen LogP contribution in [-0.4, -0.2) is 132 Å². The van der Waals surface area contributed by atoms with Crippen LogP contribution in [0.1, 0.15) is 114 Å². The fourth-order valence-electron chi connectivity index (χ4n) is 7.41. The second-order valence-electron chi connectivity index (χ2n) is 19.0. The Kier molecular flexibility index (Phi) is 25.7. The third-order valence-electron chi connectivity index (χ3n) is 11.3. The number of hydrogen-bond acceptors (Lipinski definition) is 14. The van der Waals surface area contributed by atoms with Gasteiger partial charge in [-0.2, -0.15) is 0 Å². The Bertz CT molecular complexity index is 1070. The van der Waals surface area contributed by atoms with E-state index in [9.17, 15) is 0 Å². The highest BCUT2D eigenvalue weighted by Gasteiger charge is 2.52. The third-order valence-corrected chi connectivity index (χ3v) is 11.3. The first-order chi connectivity index (χ1) is 27.0. The lowest BCUT2D eigenvalue weighted by Crippen LogP contribution is -2.69. The zero-order valence-electron chi connectivity index (χ0n) is 37.8. The molecule has 0 aromatic heterocycles. The molecule has 0 bridgehead atoms. The van der Waals surface area contributed by atoms with Gasteiger partial charge < -0.3 is 71.3 Å². The molecule has 0 aromatic rings. The van der Waals surface area contributed by atoms with E-state index in [-0.39, 0.29) is 31.2 Å². The van der Waals surface area contributed by atoms with E-state index in [0.29, 0.717) is 82.1 Å². The van der Waals surface area contributed by atoms with Crippen LogP contribution in [0.25, 0.3) is 0 Å². The van der Waals surface area contributed by atoms with Crippen LogP contribution in [-0.2, 0) is 42.6 Å². The van der Waals surface area contributed by atoms with Crippen molar-refractivity contribution in [2.24, 2.45) is 58.3 Å². The third kappa shape index (κ3) is 17.8. The van der Waals surface area contributed by atoms with Gasteiger partial charge in [0.1, 0.15) is 36.6 Å². The number of rotatable bonds is 26. The van der Waals surface area contributed by atoms with E-state index < -0.39 is 73.4 Å². The number of nitrogens with two attached hydrogens (primary N) is 5. The summed E-state index contributed by atoms with van der Waals surface area (Å²) in [5.74, 6) is 2.34. The van der Waals surface area contributed by atoms with Gasteiger partial charge in [0.25, 0.3) is 0 Å². The Morgan fingerprint density at radius 2 is 0.914 bits per heavy atom. The second kappa shape index (κ2) is 27.7. The van der Waals surface area contributed by atoms with Gasteiger partial charge >= 0.3 is 0 Å². The molecule has 0 unspecified atom stereocenters. The Morgan fingerprint density at radius 3 is 1.41 bits per heavy atom. The van der Waals surface area contributed by atoms with Crippen molar-refractivity contribution in [2.45, 2.75) is 200 Å². The number of ether oxygens (including phenoxy) is 9. The topological polar surface area (TPSA) is 213 Å². The van der Waals surface area contributed by atoms with Gasteiger partial charge in [0.05, 0.1) is 30.9 Å². The van der Waals surface area contributed by atoms with Crippen LogP contribution in [0.2, 0.25) is 0 Å². The normalized spacial score (nSPS) is 34.8. The Labute approximate surface area is 358 Å². The van der Waals surface area contributed by atoms with E-state index >= 15 is 0 Å². The highest BCUT2D eigenvalue weighted by atomic mass is 35.5. The molecule has 15 heteroatoms. The maximum atomic E-state index is 7.13. The maximum Gasteiger partial charge on any atom is 0.186 e. The molecule has 2 heterocycles. The van der Waals surface area contributed by atoms with Crippen LogP contribution in [0.15, 0.2) is 0 Å². The summed E-state index contributed by atoms with van der Waals surface area (Å²) >= 11 is 0. The Balaban J connectivity index is 0.0000116. The molecule has 2 aliphatic heterocycles. The molecular weight excluding hydrogens is 766 g/mol. The smallest absolute Gasteiger partial charge is 0.186 e. The molecule has 10 N–H and O–H groups in total. The molecule has 3 fully saturated rings. The lowest BCUT2D eigenvalue weighted by Gasteiger charge is -2.50. The minimum absolute atomic E-state index is 0. The van der Waals surface area contributed by atoms with Crippen molar-refractivity contribution in [2.75, 3.05) is 46.2 Å². The van der Waals surface area contributed by atoms with Gasteiger partial charge in [-0.1, -0.05) is 69.2 Å². The fraction of sp³-hybridized carbons (Fsp3) is 1.00. The molecule has 2 saturated heterocycles. The van der Waals surface area contributed by atoms with Crippen LogP contribution in [0, 0.1) is 29.6 Å². The summed E-state index contributed by atoms with van der Waals surface area (Å²) in [6, 6.07) is -2.02. The zero-order chi connectivity index (χ0) is 42.2. The first kappa shape index (κ1) is 53.9. The van der Waals surface area contributed by atoms with E-state index in [1.165, 1.54) is 0 Å². The average molecular weight is 855 g/mol. The quantitative estimate of drug-likeness (QED) is 0.0760. The van der Waals surface area contributed by atoms with Crippen LogP contribution < -0.4 is 28.7 Å². The number of halogens is 1.